The number of methoxy groups -OCH3 is 1. The summed E-state index contributed by atoms with van der Waals surface area (Å²) < 4.78 is 4.35. The van der Waals surface area contributed by atoms with Gasteiger partial charge in [-0.1, -0.05) is 0 Å². The smallest absolute Gasteiger partial charge is 0.305 e. The number of carbonyl (C=O) groups is 1. The number of nitrogens with two attached hydrogens (primary N) is 2. The molecule has 0 aromatic carbocycles. The summed E-state index contributed by atoms with van der Waals surface area (Å²) in [6.07, 6.45) is 0.366. The zero-order valence-corrected chi connectivity index (χ0v) is 6.69. The fourth-order valence-electron chi connectivity index (χ4n) is 0.387. The molecular weight excluding hydrogens is 156 g/mol. The topological polar surface area (TPSA) is 78.3 Å². The summed E-state index contributed by atoms with van der Waals surface area (Å²) in [5, 5.41) is 0. The first-order valence-electron chi connectivity index (χ1n) is 2.74. The van der Waals surface area contributed by atoms with Gasteiger partial charge in [-0.2, -0.15) is 0 Å². The highest BCUT2D eigenvalue weighted by Crippen LogP contribution is 1.90. The largest absolute Gasteiger partial charge is 0.469 e. The molecule has 0 aliphatic heterocycles. The summed E-state index contributed by atoms with van der Waals surface area (Å²) >= 11 is 0. The molecule has 0 spiro atoms. The van der Waals surface area contributed by atoms with E-state index in [-0.39, 0.29) is 18.4 Å². The van der Waals surface area contributed by atoms with Gasteiger partial charge in [0.2, 0.25) is 0 Å². The van der Waals surface area contributed by atoms with Gasteiger partial charge in [0.25, 0.3) is 0 Å². The molecule has 0 saturated heterocycles. The van der Waals surface area contributed by atoms with Crippen molar-refractivity contribution in [2.75, 3.05) is 7.11 Å². The monoisotopic (exact) mass is 168 g/mol. The van der Waals surface area contributed by atoms with Crippen LogP contribution in [-0.4, -0.2) is 19.2 Å². The maximum absolute atomic E-state index is 10.4. The maximum Gasteiger partial charge on any atom is 0.305 e. The van der Waals surface area contributed by atoms with Crippen molar-refractivity contribution in [3.8, 4) is 0 Å². The van der Waals surface area contributed by atoms with Crippen molar-refractivity contribution in [1.29, 1.82) is 0 Å². The summed E-state index contributed by atoms with van der Waals surface area (Å²) in [5.41, 5.74) is 10.3. The SMILES string of the molecule is COC(=O)CCC(N)N.Cl. The third kappa shape index (κ3) is 7.68. The van der Waals surface area contributed by atoms with Gasteiger partial charge in [0.15, 0.2) is 0 Å². The minimum absolute atomic E-state index is 0. The molecule has 0 radical (unpaired) electrons. The van der Waals surface area contributed by atoms with Gasteiger partial charge in [-0.15, -0.1) is 12.4 Å². The Morgan fingerprint density at radius 2 is 2.10 bits per heavy atom. The molecule has 0 aliphatic rings. The zero-order valence-electron chi connectivity index (χ0n) is 5.87. The van der Waals surface area contributed by atoms with E-state index in [9.17, 15) is 4.79 Å². The molecule has 0 unspecified atom stereocenters. The first-order chi connectivity index (χ1) is 4.16. The van der Waals surface area contributed by atoms with E-state index in [1.54, 1.807) is 0 Å². The lowest BCUT2D eigenvalue weighted by atomic mass is 10.3. The highest BCUT2D eigenvalue weighted by Gasteiger charge is 2.01. The van der Waals surface area contributed by atoms with Gasteiger partial charge < -0.3 is 16.2 Å². The Balaban J connectivity index is 0. The van der Waals surface area contributed by atoms with Gasteiger partial charge in [0, 0.05) is 6.42 Å². The van der Waals surface area contributed by atoms with Gasteiger partial charge in [0.1, 0.15) is 0 Å². The van der Waals surface area contributed by atoms with E-state index in [0.29, 0.717) is 12.8 Å². The van der Waals surface area contributed by atoms with Crippen LogP contribution in [0.3, 0.4) is 0 Å². The van der Waals surface area contributed by atoms with Crippen LogP contribution < -0.4 is 11.5 Å². The molecule has 0 aromatic heterocycles. The van der Waals surface area contributed by atoms with Gasteiger partial charge in [-0.3, -0.25) is 4.79 Å². The van der Waals surface area contributed by atoms with Crippen LogP contribution in [0.15, 0.2) is 0 Å². The van der Waals surface area contributed by atoms with Gasteiger partial charge >= 0.3 is 5.97 Å². The van der Waals surface area contributed by atoms with Crippen LogP contribution in [0.25, 0.3) is 0 Å². The first-order valence-corrected chi connectivity index (χ1v) is 2.74. The summed E-state index contributed by atoms with van der Waals surface area (Å²) in [5.74, 6) is -0.268. The lowest BCUT2D eigenvalue weighted by Crippen LogP contribution is -2.30. The predicted molar refractivity (Wildman–Crippen MR) is 40.7 cm³/mol. The number of carbonyl (C=O) groups excluding carboxylic acids is 1. The lowest BCUT2D eigenvalue weighted by molar-refractivity contribution is -0.140. The number of ether oxygens (including phenoxy) is 1. The third-order valence-electron chi connectivity index (χ3n) is 0.909. The lowest BCUT2D eigenvalue weighted by Gasteiger charge is -2.01. The minimum atomic E-state index is -0.413. The molecule has 5 heteroatoms. The highest BCUT2D eigenvalue weighted by molar-refractivity contribution is 5.85. The number of halogens is 1. The molecule has 0 aromatic rings. The maximum atomic E-state index is 10.4. The van der Waals surface area contributed by atoms with Crippen LogP contribution in [0, 0.1) is 0 Å². The van der Waals surface area contributed by atoms with Gasteiger partial charge in [-0.25, -0.2) is 0 Å². The molecule has 4 nitrogen and oxygen atoms in total. The van der Waals surface area contributed by atoms with Crippen molar-refractivity contribution in [3.63, 3.8) is 0 Å². The van der Waals surface area contributed by atoms with E-state index in [1.807, 2.05) is 0 Å². The van der Waals surface area contributed by atoms with E-state index in [1.165, 1.54) is 7.11 Å². The Kier molecular flexibility index (Phi) is 8.40. The number of hydrogen-bond acceptors (Lipinski definition) is 4. The van der Waals surface area contributed by atoms with E-state index >= 15 is 0 Å². The van der Waals surface area contributed by atoms with Crippen molar-refractivity contribution in [2.24, 2.45) is 11.5 Å². The number of hydrogen-bond donors (Lipinski definition) is 2. The van der Waals surface area contributed by atoms with E-state index < -0.39 is 6.17 Å². The van der Waals surface area contributed by atoms with Crippen molar-refractivity contribution in [3.05, 3.63) is 0 Å². The van der Waals surface area contributed by atoms with E-state index in [4.69, 9.17) is 11.5 Å². The summed E-state index contributed by atoms with van der Waals surface area (Å²) in [6.45, 7) is 0. The van der Waals surface area contributed by atoms with Gasteiger partial charge in [-0.05, 0) is 6.42 Å². The van der Waals surface area contributed by atoms with Crippen LogP contribution in [-0.2, 0) is 9.53 Å². The fraction of sp³-hybridized carbons (Fsp3) is 0.800. The Labute approximate surface area is 66.3 Å². The average molecular weight is 169 g/mol. The molecule has 0 aliphatic carbocycles. The highest BCUT2D eigenvalue weighted by atomic mass is 35.5. The number of esters is 1. The quantitative estimate of drug-likeness (QED) is 0.444. The van der Waals surface area contributed by atoms with Crippen LogP contribution in [0.4, 0.5) is 0 Å². The third-order valence-corrected chi connectivity index (χ3v) is 0.909. The predicted octanol–water partition coefficient (Wildman–Crippen LogP) is -0.395. The van der Waals surface area contributed by atoms with Crippen LogP contribution in [0.5, 0.6) is 0 Å². The Morgan fingerprint density at radius 3 is 2.40 bits per heavy atom. The number of rotatable bonds is 3. The molecule has 10 heavy (non-hydrogen) atoms. The standard InChI is InChI=1S/C5H12N2O2.ClH/c1-9-5(8)3-2-4(6)7;/h4H,2-3,6-7H2,1H3;1H. The summed E-state index contributed by atoms with van der Waals surface area (Å²) in [7, 11) is 1.34. The Hall–Kier alpha value is -0.320. The van der Waals surface area contributed by atoms with E-state index in [0.717, 1.165) is 0 Å². The molecule has 0 atom stereocenters. The molecule has 4 N–H and O–H groups in total. The zero-order chi connectivity index (χ0) is 7.28. The molecule has 0 fully saturated rings. The molecule has 62 valence electrons. The Morgan fingerprint density at radius 1 is 1.60 bits per heavy atom. The average Bonchev–Trinajstić information content (AvgIpc) is 1.83. The summed E-state index contributed by atoms with van der Waals surface area (Å²) in [6, 6.07) is 0. The van der Waals surface area contributed by atoms with Crippen molar-refractivity contribution in [2.45, 2.75) is 19.0 Å². The molecule has 0 bridgehead atoms. The van der Waals surface area contributed by atoms with Crippen molar-refractivity contribution in [1.82, 2.24) is 0 Å². The van der Waals surface area contributed by atoms with Crippen molar-refractivity contribution >= 4 is 18.4 Å². The van der Waals surface area contributed by atoms with Crippen molar-refractivity contribution < 1.29 is 9.53 Å². The van der Waals surface area contributed by atoms with E-state index in [2.05, 4.69) is 4.74 Å². The molecule has 0 rings (SSSR count). The van der Waals surface area contributed by atoms with Gasteiger partial charge in [0.05, 0.1) is 13.3 Å². The molecule has 0 saturated carbocycles. The second kappa shape index (κ2) is 6.80. The fourth-order valence-corrected chi connectivity index (χ4v) is 0.387. The van der Waals surface area contributed by atoms with Crippen LogP contribution >= 0.6 is 12.4 Å². The second-order valence-corrected chi connectivity index (χ2v) is 1.78. The molecule has 0 heterocycles. The second-order valence-electron chi connectivity index (χ2n) is 1.78. The normalized spacial score (nSPS) is 8.80. The summed E-state index contributed by atoms with van der Waals surface area (Å²) in [4.78, 5) is 10.4. The Bertz CT molecular complexity index is 97.6. The van der Waals surface area contributed by atoms with Crippen LogP contribution in [0.2, 0.25) is 0 Å². The van der Waals surface area contributed by atoms with Crippen LogP contribution in [0.1, 0.15) is 12.8 Å². The molecule has 0 amide bonds. The first kappa shape index (κ1) is 12.4. The molecular formula is C5H13ClN2O2. The minimum Gasteiger partial charge on any atom is -0.469 e.